The van der Waals surface area contributed by atoms with Crippen LogP contribution in [-0.4, -0.2) is 87.1 Å². The topological polar surface area (TPSA) is 152 Å². The van der Waals surface area contributed by atoms with Gasteiger partial charge in [-0.1, -0.05) is 45.0 Å². The number of hydrogen-bond donors (Lipinski definition) is 4. The number of nitrogens with one attached hydrogen (secondary N) is 2. The Balaban J connectivity index is 1.67. The first-order valence-corrected chi connectivity index (χ1v) is 13.1. The number of aromatic nitrogens is 1. The second-order valence-electron chi connectivity index (χ2n) is 10.6. The van der Waals surface area contributed by atoms with E-state index < -0.39 is 54.0 Å². The van der Waals surface area contributed by atoms with Gasteiger partial charge in [0, 0.05) is 26.6 Å². The highest BCUT2D eigenvalue weighted by Gasteiger charge is 2.44. The number of β-amino-alcohol motifs (C(OH)–C–C–N with tert-alkyl or cyclic N) is 1. The van der Waals surface area contributed by atoms with Crippen molar-refractivity contribution >= 4 is 35.2 Å². The largest absolute Gasteiger partial charge is 0.465 e. The van der Waals surface area contributed by atoms with Gasteiger partial charge in [0.25, 0.3) is 0 Å². The third kappa shape index (κ3) is 7.07. The Kier molecular flexibility index (Phi) is 9.10. The molecule has 1 aliphatic rings. The number of likely N-dealkylation sites (tertiary alicyclic amines) is 1. The van der Waals surface area contributed by atoms with Crippen molar-refractivity contribution in [1.29, 1.82) is 0 Å². The van der Waals surface area contributed by atoms with Crippen LogP contribution in [0.3, 0.4) is 0 Å². The molecule has 1 aliphatic heterocycles. The van der Waals surface area contributed by atoms with E-state index in [4.69, 9.17) is 5.11 Å². The molecule has 38 heavy (non-hydrogen) atoms. The van der Waals surface area contributed by atoms with E-state index >= 15 is 0 Å². The summed E-state index contributed by atoms with van der Waals surface area (Å²) in [5, 5.41) is 24.8. The average Bonchev–Trinajstić information content (AvgIpc) is 3.45. The van der Waals surface area contributed by atoms with Gasteiger partial charge in [-0.15, -0.1) is 11.3 Å². The van der Waals surface area contributed by atoms with Crippen molar-refractivity contribution in [2.45, 2.75) is 58.8 Å². The zero-order valence-electron chi connectivity index (χ0n) is 22.2. The Hall–Kier alpha value is -3.51. The molecule has 206 valence electrons. The summed E-state index contributed by atoms with van der Waals surface area (Å²) in [7, 11) is 1.25. The van der Waals surface area contributed by atoms with E-state index in [2.05, 4.69) is 15.6 Å². The highest BCUT2D eigenvalue weighted by atomic mass is 32.1. The lowest BCUT2D eigenvalue weighted by atomic mass is 9.85. The Morgan fingerprint density at radius 1 is 1.21 bits per heavy atom. The Labute approximate surface area is 225 Å². The van der Waals surface area contributed by atoms with Gasteiger partial charge in [0.1, 0.15) is 18.6 Å². The molecule has 0 radical (unpaired) electrons. The number of carboxylic acid groups (broad SMARTS) is 1. The van der Waals surface area contributed by atoms with Crippen molar-refractivity contribution in [3.63, 3.8) is 0 Å². The first-order valence-electron chi connectivity index (χ1n) is 12.3. The molecule has 11 nitrogen and oxygen atoms in total. The normalized spacial score (nSPS) is 18.1. The standard InChI is InChI=1S/C26H35N5O6S/c1-15-21(38-14-28-15)17-8-6-16(7-9-17)11-27-23(34)19-10-18(32)12-31(19)24(35)22(26(2,3)4)29-20(33)13-30(5)25(36)37/h6-9,14,18-19,22,32H,10-13H2,1-5H3,(H,27,34)(H,29,33)(H,36,37)/t18-,19+,22-/m1/s1. The fourth-order valence-electron chi connectivity index (χ4n) is 4.27. The lowest BCUT2D eigenvalue weighted by molar-refractivity contribution is -0.144. The van der Waals surface area contributed by atoms with Crippen LogP contribution in [0.5, 0.6) is 0 Å². The lowest BCUT2D eigenvalue weighted by Gasteiger charge is -2.35. The number of amides is 4. The number of aliphatic hydroxyl groups is 1. The molecule has 4 N–H and O–H groups in total. The van der Waals surface area contributed by atoms with Crippen molar-refractivity contribution in [2.24, 2.45) is 5.41 Å². The number of nitrogens with zero attached hydrogens (tertiary/aromatic N) is 3. The minimum absolute atomic E-state index is 0.0443. The summed E-state index contributed by atoms with van der Waals surface area (Å²) in [5.41, 5.74) is 3.94. The third-order valence-corrected chi connectivity index (χ3v) is 7.40. The molecular formula is C26H35N5O6S. The molecule has 0 spiro atoms. The summed E-state index contributed by atoms with van der Waals surface area (Å²) < 4.78 is 0. The number of hydrogen-bond acceptors (Lipinski definition) is 7. The Morgan fingerprint density at radius 2 is 1.87 bits per heavy atom. The van der Waals surface area contributed by atoms with Gasteiger partial charge in [0.15, 0.2) is 0 Å². The molecule has 1 aromatic heterocycles. The van der Waals surface area contributed by atoms with Gasteiger partial charge in [-0.05, 0) is 23.5 Å². The van der Waals surface area contributed by atoms with Gasteiger partial charge in [0.05, 0.1) is 22.2 Å². The lowest BCUT2D eigenvalue weighted by Crippen LogP contribution is -2.58. The summed E-state index contributed by atoms with van der Waals surface area (Å²) >= 11 is 1.56. The van der Waals surface area contributed by atoms with Crippen LogP contribution >= 0.6 is 11.3 Å². The van der Waals surface area contributed by atoms with Gasteiger partial charge in [0.2, 0.25) is 17.7 Å². The number of thiazole rings is 1. The van der Waals surface area contributed by atoms with Crippen LogP contribution in [0.1, 0.15) is 38.4 Å². The molecule has 0 bridgehead atoms. The quantitative estimate of drug-likeness (QED) is 0.395. The number of aliphatic hydroxyl groups excluding tert-OH is 1. The minimum atomic E-state index is -1.27. The number of carbonyl (C=O) groups is 4. The van der Waals surface area contributed by atoms with E-state index in [1.54, 1.807) is 37.6 Å². The SMILES string of the molecule is Cc1ncsc1-c1ccc(CNC(=O)[C@@H]2C[C@@H](O)CN2C(=O)[C@@H](NC(=O)CN(C)C(=O)O)C(C)(C)C)cc1. The second-order valence-corrected chi connectivity index (χ2v) is 11.4. The minimum Gasteiger partial charge on any atom is -0.465 e. The molecule has 1 saturated heterocycles. The first kappa shape index (κ1) is 29.1. The number of benzene rings is 1. The van der Waals surface area contributed by atoms with Gasteiger partial charge < -0.3 is 30.6 Å². The van der Waals surface area contributed by atoms with E-state index in [9.17, 15) is 24.3 Å². The number of likely N-dealkylation sites (N-methyl/N-ethyl adjacent to an activating group) is 1. The van der Waals surface area contributed by atoms with Crippen molar-refractivity contribution in [3.8, 4) is 10.4 Å². The zero-order valence-corrected chi connectivity index (χ0v) is 23.0. The van der Waals surface area contributed by atoms with Crippen molar-refractivity contribution in [2.75, 3.05) is 20.1 Å². The van der Waals surface area contributed by atoms with E-state index in [1.807, 2.05) is 31.2 Å². The van der Waals surface area contributed by atoms with Gasteiger partial charge in [-0.3, -0.25) is 14.4 Å². The highest BCUT2D eigenvalue weighted by molar-refractivity contribution is 7.13. The van der Waals surface area contributed by atoms with Crippen molar-refractivity contribution < 1.29 is 29.4 Å². The fourth-order valence-corrected chi connectivity index (χ4v) is 5.08. The van der Waals surface area contributed by atoms with Gasteiger partial charge in [-0.2, -0.15) is 0 Å². The summed E-state index contributed by atoms with van der Waals surface area (Å²) in [5.74, 6) is -1.55. The summed E-state index contributed by atoms with van der Waals surface area (Å²) in [4.78, 5) is 57.6. The molecule has 0 aliphatic carbocycles. The first-order chi connectivity index (χ1) is 17.8. The van der Waals surface area contributed by atoms with Crippen LogP contribution in [0.25, 0.3) is 10.4 Å². The van der Waals surface area contributed by atoms with Crippen LogP contribution in [-0.2, 0) is 20.9 Å². The van der Waals surface area contributed by atoms with E-state index in [0.717, 1.165) is 26.6 Å². The fraction of sp³-hybridized carbons (Fsp3) is 0.500. The summed E-state index contributed by atoms with van der Waals surface area (Å²) in [6.45, 7) is 6.99. The number of aryl methyl sites for hydroxylation is 1. The monoisotopic (exact) mass is 545 g/mol. The summed E-state index contributed by atoms with van der Waals surface area (Å²) in [6, 6.07) is 5.84. The molecule has 1 aromatic carbocycles. The van der Waals surface area contributed by atoms with Gasteiger partial charge >= 0.3 is 6.09 Å². The maximum absolute atomic E-state index is 13.5. The van der Waals surface area contributed by atoms with Crippen LogP contribution in [0.2, 0.25) is 0 Å². The molecular weight excluding hydrogens is 510 g/mol. The maximum atomic E-state index is 13.5. The van der Waals surface area contributed by atoms with Crippen LogP contribution in [0.15, 0.2) is 29.8 Å². The van der Waals surface area contributed by atoms with Crippen LogP contribution in [0, 0.1) is 12.3 Å². The predicted molar refractivity (Wildman–Crippen MR) is 142 cm³/mol. The Bertz CT molecular complexity index is 1180. The molecule has 1 fully saturated rings. The van der Waals surface area contributed by atoms with Crippen molar-refractivity contribution in [3.05, 3.63) is 41.0 Å². The second kappa shape index (κ2) is 11.9. The van der Waals surface area contributed by atoms with E-state index in [0.29, 0.717) is 0 Å². The van der Waals surface area contributed by atoms with Crippen molar-refractivity contribution in [1.82, 2.24) is 25.4 Å². The third-order valence-electron chi connectivity index (χ3n) is 6.42. The molecule has 3 rings (SSSR count). The Morgan fingerprint density at radius 3 is 2.42 bits per heavy atom. The number of rotatable bonds is 8. The van der Waals surface area contributed by atoms with E-state index in [-0.39, 0.29) is 19.5 Å². The smallest absolute Gasteiger partial charge is 0.407 e. The molecule has 3 atom stereocenters. The predicted octanol–water partition coefficient (Wildman–Crippen LogP) is 1.84. The summed E-state index contributed by atoms with van der Waals surface area (Å²) in [6.07, 6.45) is -2.08. The van der Waals surface area contributed by atoms with Crippen LogP contribution < -0.4 is 10.6 Å². The van der Waals surface area contributed by atoms with E-state index in [1.165, 1.54) is 11.9 Å². The molecule has 0 unspecified atom stereocenters. The molecule has 0 saturated carbocycles. The number of carbonyl (C=O) groups excluding carboxylic acids is 3. The van der Waals surface area contributed by atoms with Gasteiger partial charge in [-0.25, -0.2) is 9.78 Å². The maximum Gasteiger partial charge on any atom is 0.407 e. The molecule has 2 aromatic rings. The molecule has 2 heterocycles. The highest BCUT2D eigenvalue weighted by Crippen LogP contribution is 2.28. The molecule has 12 heteroatoms. The average molecular weight is 546 g/mol. The van der Waals surface area contributed by atoms with Crippen LogP contribution in [0.4, 0.5) is 4.79 Å². The molecule has 4 amide bonds. The zero-order chi connectivity index (χ0) is 28.2.